The summed E-state index contributed by atoms with van der Waals surface area (Å²) in [5.41, 5.74) is 3.19. The molecule has 35 heavy (non-hydrogen) atoms. The van der Waals surface area contributed by atoms with E-state index in [0.717, 1.165) is 62.2 Å². The van der Waals surface area contributed by atoms with E-state index in [1.807, 2.05) is 31.5 Å². The van der Waals surface area contributed by atoms with Crippen molar-refractivity contribution >= 4 is 29.0 Å². The standard InChI is InChI=1S/C25H30FN9/c1-28-22(16-4-2-3-5-16)18-7-8-20(32-24(18)27)23-19(26)15-31-25(34-23)33-21-9-6-17(14-30-21)35-12-10-29-11-13-35/h6-9,14-16,27-29H,2-5,10-13H2,1H3,(H,30,31,33,34)/b22-18-,27-24?. The maximum Gasteiger partial charge on any atom is 0.229 e. The summed E-state index contributed by atoms with van der Waals surface area (Å²) in [5.74, 6) is 0.710. The predicted molar refractivity (Wildman–Crippen MR) is 136 cm³/mol. The van der Waals surface area contributed by atoms with Gasteiger partial charge in [0.05, 0.1) is 23.8 Å². The Balaban J connectivity index is 1.33. The van der Waals surface area contributed by atoms with Crippen molar-refractivity contribution in [3.05, 3.63) is 59.5 Å². The maximum atomic E-state index is 14.7. The Morgan fingerprint density at radius 3 is 2.60 bits per heavy atom. The van der Waals surface area contributed by atoms with Gasteiger partial charge in [-0.2, -0.15) is 0 Å². The van der Waals surface area contributed by atoms with E-state index in [1.165, 1.54) is 12.8 Å². The summed E-state index contributed by atoms with van der Waals surface area (Å²) < 4.78 is 14.7. The van der Waals surface area contributed by atoms with Crippen molar-refractivity contribution in [3.63, 3.8) is 0 Å². The van der Waals surface area contributed by atoms with E-state index >= 15 is 0 Å². The number of dihydropyridines is 1. The van der Waals surface area contributed by atoms with Crippen LogP contribution in [0.3, 0.4) is 0 Å². The monoisotopic (exact) mass is 475 g/mol. The molecule has 4 N–H and O–H groups in total. The summed E-state index contributed by atoms with van der Waals surface area (Å²) in [5, 5.41) is 18.1. The van der Waals surface area contributed by atoms with Gasteiger partial charge < -0.3 is 20.9 Å². The zero-order chi connectivity index (χ0) is 24.2. The summed E-state index contributed by atoms with van der Waals surface area (Å²) in [4.78, 5) is 19.5. The van der Waals surface area contributed by atoms with E-state index in [9.17, 15) is 4.39 Å². The highest BCUT2D eigenvalue weighted by atomic mass is 19.1. The third kappa shape index (κ3) is 5.07. The molecule has 2 aromatic rings. The lowest BCUT2D eigenvalue weighted by molar-refractivity contribution is 0.589. The minimum atomic E-state index is -0.592. The molecule has 2 aliphatic heterocycles. The lowest BCUT2D eigenvalue weighted by Crippen LogP contribution is -2.43. The van der Waals surface area contributed by atoms with Crippen molar-refractivity contribution in [1.82, 2.24) is 25.6 Å². The number of rotatable bonds is 6. The Labute approximate surface area is 204 Å². The molecule has 0 radical (unpaired) electrons. The Hall–Kier alpha value is -3.66. The summed E-state index contributed by atoms with van der Waals surface area (Å²) in [7, 11) is 1.88. The number of nitrogens with one attached hydrogen (secondary N) is 4. The molecule has 1 saturated heterocycles. The Morgan fingerprint density at radius 1 is 1.11 bits per heavy atom. The molecule has 2 aromatic heterocycles. The van der Waals surface area contributed by atoms with Crippen LogP contribution in [0, 0.1) is 17.1 Å². The van der Waals surface area contributed by atoms with E-state index < -0.39 is 5.82 Å². The van der Waals surface area contributed by atoms with E-state index in [0.29, 0.717) is 17.4 Å². The van der Waals surface area contributed by atoms with E-state index in [1.54, 1.807) is 6.08 Å². The molecular weight excluding hydrogens is 445 g/mol. The lowest BCUT2D eigenvalue weighted by atomic mass is 9.96. The van der Waals surface area contributed by atoms with Gasteiger partial charge in [-0.15, -0.1) is 0 Å². The van der Waals surface area contributed by atoms with Crippen molar-refractivity contribution in [2.24, 2.45) is 10.9 Å². The second-order valence-corrected chi connectivity index (χ2v) is 8.89. The first-order valence-corrected chi connectivity index (χ1v) is 12.1. The van der Waals surface area contributed by atoms with Crippen molar-refractivity contribution in [3.8, 4) is 0 Å². The van der Waals surface area contributed by atoms with Crippen LogP contribution >= 0.6 is 0 Å². The van der Waals surface area contributed by atoms with Crippen LogP contribution in [-0.2, 0) is 0 Å². The molecule has 0 aromatic carbocycles. The minimum Gasteiger partial charge on any atom is -0.391 e. The SMILES string of the molecule is CN/C(=C1/C=CC(c2nc(Nc3ccc(N4CCNCC4)cn3)ncc2F)=NC1=N)C1CCCC1. The van der Waals surface area contributed by atoms with Crippen LogP contribution in [0.25, 0.3) is 0 Å². The average molecular weight is 476 g/mol. The molecule has 0 amide bonds. The first-order valence-electron chi connectivity index (χ1n) is 12.1. The van der Waals surface area contributed by atoms with Crippen molar-refractivity contribution in [2.45, 2.75) is 25.7 Å². The van der Waals surface area contributed by atoms with Gasteiger partial charge in [-0.1, -0.05) is 12.8 Å². The lowest BCUT2D eigenvalue weighted by Gasteiger charge is -2.29. The molecule has 1 aliphatic carbocycles. The number of anilines is 3. The zero-order valence-electron chi connectivity index (χ0n) is 19.8. The highest BCUT2D eigenvalue weighted by Crippen LogP contribution is 2.32. The topological polar surface area (TPSA) is 114 Å². The molecule has 10 heteroatoms. The molecule has 0 spiro atoms. The molecule has 182 valence electrons. The highest BCUT2D eigenvalue weighted by molar-refractivity contribution is 6.19. The van der Waals surface area contributed by atoms with E-state index in [2.05, 4.69) is 40.8 Å². The van der Waals surface area contributed by atoms with Gasteiger partial charge >= 0.3 is 0 Å². The smallest absolute Gasteiger partial charge is 0.229 e. The van der Waals surface area contributed by atoms with Gasteiger partial charge in [0.15, 0.2) is 11.7 Å². The van der Waals surface area contributed by atoms with Crippen LogP contribution in [0.4, 0.5) is 21.8 Å². The van der Waals surface area contributed by atoms with Crippen LogP contribution in [0.1, 0.15) is 31.4 Å². The van der Waals surface area contributed by atoms with Gasteiger partial charge in [-0.05, 0) is 43.0 Å². The number of nitrogens with zero attached hydrogens (tertiary/aromatic N) is 5. The molecule has 0 unspecified atom stereocenters. The maximum absolute atomic E-state index is 14.7. The summed E-state index contributed by atoms with van der Waals surface area (Å²) >= 11 is 0. The first kappa shape index (κ1) is 23.1. The number of hydrogen-bond donors (Lipinski definition) is 4. The third-order valence-electron chi connectivity index (χ3n) is 6.67. The number of aliphatic imine (C=N–C) groups is 1. The van der Waals surface area contributed by atoms with Gasteiger partial charge in [0.25, 0.3) is 0 Å². The van der Waals surface area contributed by atoms with Crippen LogP contribution in [0.5, 0.6) is 0 Å². The number of allylic oxidation sites excluding steroid dienone is 2. The number of hydrogen-bond acceptors (Lipinski definition) is 8. The average Bonchev–Trinajstić information content (AvgIpc) is 3.42. The fourth-order valence-electron chi connectivity index (χ4n) is 4.87. The Morgan fingerprint density at radius 2 is 1.91 bits per heavy atom. The number of halogens is 1. The quantitative estimate of drug-likeness (QED) is 0.507. The molecule has 3 aliphatic rings. The molecule has 9 nitrogen and oxygen atoms in total. The van der Waals surface area contributed by atoms with Crippen LogP contribution in [-0.4, -0.2) is 59.7 Å². The largest absolute Gasteiger partial charge is 0.391 e. The summed E-state index contributed by atoms with van der Waals surface area (Å²) in [6.45, 7) is 3.79. The Kier molecular flexibility index (Phi) is 6.80. The highest BCUT2D eigenvalue weighted by Gasteiger charge is 2.25. The van der Waals surface area contributed by atoms with Crippen molar-refractivity contribution < 1.29 is 4.39 Å². The second kappa shape index (κ2) is 10.3. The third-order valence-corrected chi connectivity index (χ3v) is 6.67. The first-order chi connectivity index (χ1) is 17.1. The Bertz CT molecular complexity index is 1170. The normalized spacial score (nSPS) is 20.1. The van der Waals surface area contributed by atoms with Crippen LogP contribution in [0.2, 0.25) is 0 Å². The summed E-state index contributed by atoms with van der Waals surface area (Å²) in [6, 6.07) is 3.86. The van der Waals surface area contributed by atoms with Crippen molar-refractivity contribution in [1.29, 1.82) is 5.41 Å². The number of aromatic nitrogens is 3. The molecule has 1 saturated carbocycles. The molecule has 5 rings (SSSR count). The molecule has 2 fully saturated rings. The number of amidine groups is 1. The van der Waals surface area contributed by atoms with Gasteiger partial charge in [0.1, 0.15) is 11.5 Å². The predicted octanol–water partition coefficient (Wildman–Crippen LogP) is 3.16. The fourth-order valence-corrected chi connectivity index (χ4v) is 4.87. The fraction of sp³-hybridized carbons (Fsp3) is 0.400. The molecule has 4 heterocycles. The molecule has 0 atom stereocenters. The van der Waals surface area contributed by atoms with Gasteiger partial charge in [-0.3, -0.25) is 5.41 Å². The minimum absolute atomic E-state index is 0.0480. The molecule has 0 bridgehead atoms. The van der Waals surface area contributed by atoms with Crippen LogP contribution < -0.4 is 20.9 Å². The number of piperazine rings is 1. The van der Waals surface area contributed by atoms with E-state index in [-0.39, 0.29) is 17.5 Å². The molecular formula is C25H30FN9. The summed E-state index contributed by atoms with van der Waals surface area (Å²) in [6.07, 6.45) is 11.1. The van der Waals surface area contributed by atoms with E-state index in [4.69, 9.17) is 5.41 Å². The second-order valence-electron chi connectivity index (χ2n) is 8.89. The van der Waals surface area contributed by atoms with Crippen molar-refractivity contribution in [2.75, 3.05) is 43.4 Å². The zero-order valence-corrected chi connectivity index (χ0v) is 19.8. The van der Waals surface area contributed by atoms with Gasteiger partial charge in [-0.25, -0.2) is 24.3 Å². The van der Waals surface area contributed by atoms with Gasteiger partial charge in [0, 0.05) is 44.5 Å². The van der Waals surface area contributed by atoms with Crippen LogP contribution in [0.15, 0.2) is 52.9 Å². The number of pyridine rings is 1. The van der Waals surface area contributed by atoms with Gasteiger partial charge in [0.2, 0.25) is 5.95 Å².